The number of nitrogens with two attached hydrogens (primary N) is 1. The Morgan fingerprint density at radius 1 is 1.45 bits per heavy atom. The van der Waals surface area contributed by atoms with E-state index in [0.717, 1.165) is 14.9 Å². The van der Waals surface area contributed by atoms with Gasteiger partial charge >= 0.3 is 0 Å². The highest BCUT2D eigenvalue weighted by atomic mass is 79.9. The molecule has 0 saturated carbocycles. The Morgan fingerprint density at radius 3 is 2.80 bits per heavy atom. The molecule has 20 heavy (non-hydrogen) atoms. The molecule has 2 rings (SSSR count). The van der Waals surface area contributed by atoms with E-state index < -0.39 is 0 Å². The van der Waals surface area contributed by atoms with Crippen molar-refractivity contribution in [2.75, 3.05) is 12.5 Å². The normalized spacial score (nSPS) is 10.4. The van der Waals surface area contributed by atoms with Crippen molar-refractivity contribution in [1.29, 1.82) is 0 Å². The van der Waals surface area contributed by atoms with Gasteiger partial charge in [0.25, 0.3) is 5.91 Å². The summed E-state index contributed by atoms with van der Waals surface area (Å²) in [5.41, 5.74) is 5.93. The van der Waals surface area contributed by atoms with Gasteiger partial charge in [-0.25, -0.2) is 0 Å². The molecule has 1 aromatic heterocycles. The molecule has 106 valence electrons. The van der Waals surface area contributed by atoms with Crippen LogP contribution in [0.15, 0.2) is 33.4 Å². The van der Waals surface area contributed by atoms with Crippen molar-refractivity contribution in [3.8, 4) is 0 Å². The summed E-state index contributed by atoms with van der Waals surface area (Å²) in [6.07, 6.45) is 0. The van der Waals surface area contributed by atoms with Crippen LogP contribution in [0.25, 0.3) is 0 Å². The highest BCUT2D eigenvalue weighted by Gasteiger charge is 2.16. The van der Waals surface area contributed by atoms with Gasteiger partial charge in [-0.1, -0.05) is 11.6 Å². The number of amides is 1. The third-order valence-corrected chi connectivity index (χ3v) is 4.50. The molecule has 0 fully saturated rings. The van der Waals surface area contributed by atoms with E-state index in [4.69, 9.17) is 5.84 Å². The fourth-order valence-corrected chi connectivity index (χ4v) is 3.14. The molecule has 1 aromatic carbocycles. The standard InChI is InChI=1S/C14H16BrN3OS/c1-9-3-4-12(17-16)11(5-9)14(19)18(2)7-10-6-13(15)20-8-10/h3-6,8,17H,7,16H2,1-2H3. The summed E-state index contributed by atoms with van der Waals surface area (Å²) < 4.78 is 1.06. The molecule has 1 amide bonds. The van der Waals surface area contributed by atoms with Crippen molar-refractivity contribution in [3.63, 3.8) is 0 Å². The molecule has 0 aliphatic rings. The number of hydrogen-bond donors (Lipinski definition) is 2. The Labute approximate surface area is 130 Å². The Hall–Kier alpha value is -1.37. The van der Waals surface area contributed by atoms with Gasteiger partial charge in [-0.05, 0) is 52.0 Å². The largest absolute Gasteiger partial charge is 0.337 e. The quantitative estimate of drug-likeness (QED) is 0.654. The molecule has 0 radical (unpaired) electrons. The fourth-order valence-electron chi connectivity index (χ4n) is 1.94. The molecule has 0 saturated heterocycles. The van der Waals surface area contributed by atoms with Crippen LogP contribution in [0.2, 0.25) is 0 Å². The molecule has 0 spiro atoms. The number of nitrogen functional groups attached to an aromatic ring is 1. The lowest BCUT2D eigenvalue weighted by Crippen LogP contribution is -2.27. The predicted molar refractivity (Wildman–Crippen MR) is 86.8 cm³/mol. The third kappa shape index (κ3) is 3.39. The van der Waals surface area contributed by atoms with E-state index >= 15 is 0 Å². The number of nitrogens with zero attached hydrogens (tertiary/aromatic N) is 1. The Morgan fingerprint density at radius 2 is 2.20 bits per heavy atom. The molecule has 6 heteroatoms. The van der Waals surface area contributed by atoms with Crippen LogP contribution in [0.5, 0.6) is 0 Å². The number of thiophene rings is 1. The van der Waals surface area contributed by atoms with Crippen LogP contribution in [0.4, 0.5) is 5.69 Å². The zero-order valence-corrected chi connectivity index (χ0v) is 13.7. The molecule has 0 aliphatic heterocycles. The summed E-state index contributed by atoms with van der Waals surface area (Å²) in [7, 11) is 1.79. The molecule has 2 aromatic rings. The number of carbonyl (C=O) groups excluding carboxylic acids is 1. The van der Waals surface area contributed by atoms with E-state index in [0.29, 0.717) is 17.8 Å². The lowest BCUT2D eigenvalue weighted by Gasteiger charge is -2.18. The second-order valence-electron chi connectivity index (χ2n) is 4.61. The van der Waals surface area contributed by atoms with Crippen LogP contribution in [0, 0.1) is 6.92 Å². The number of anilines is 1. The number of nitrogens with one attached hydrogen (secondary N) is 1. The van der Waals surface area contributed by atoms with Gasteiger partial charge in [0.2, 0.25) is 0 Å². The van der Waals surface area contributed by atoms with Crippen molar-refractivity contribution in [3.05, 3.63) is 50.1 Å². The minimum atomic E-state index is -0.0519. The first-order chi connectivity index (χ1) is 9.51. The Kier molecular flexibility index (Phi) is 4.80. The zero-order chi connectivity index (χ0) is 14.7. The van der Waals surface area contributed by atoms with Crippen molar-refractivity contribution in [2.45, 2.75) is 13.5 Å². The van der Waals surface area contributed by atoms with E-state index in [9.17, 15) is 4.79 Å². The van der Waals surface area contributed by atoms with Crippen LogP contribution in [-0.2, 0) is 6.54 Å². The number of aryl methyl sites for hydroxylation is 1. The maximum atomic E-state index is 12.5. The second-order valence-corrected chi connectivity index (χ2v) is 6.90. The summed E-state index contributed by atoms with van der Waals surface area (Å²) in [5, 5.41) is 2.03. The number of carbonyl (C=O) groups is 1. The Balaban J connectivity index is 2.20. The van der Waals surface area contributed by atoms with Gasteiger partial charge in [0, 0.05) is 13.6 Å². The molecule has 4 nitrogen and oxygen atoms in total. The van der Waals surface area contributed by atoms with Gasteiger partial charge < -0.3 is 10.3 Å². The van der Waals surface area contributed by atoms with E-state index in [1.807, 2.05) is 36.6 Å². The molecule has 0 bridgehead atoms. The van der Waals surface area contributed by atoms with Crippen molar-refractivity contribution in [1.82, 2.24) is 4.90 Å². The zero-order valence-electron chi connectivity index (χ0n) is 11.3. The van der Waals surface area contributed by atoms with Gasteiger partial charge in [-0.15, -0.1) is 11.3 Å². The lowest BCUT2D eigenvalue weighted by molar-refractivity contribution is 0.0786. The van der Waals surface area contributed by atoms with Gasteiger partial charge in [-0.3, -0.25) is 10.6 Å². The molecule has 0 unspecified atom stereocenters. The SMILES string of the molecule is Cc1ccc(NN)c(C(=O)N(C)Cc2csc(Br)c2)c1. The minimum absolute atomic E-state index is 0.0519. The van der Waals surface area contributed by atoms with Gasteiger partial charge in [0.05, 0.1) is 15.0 Å². The summed E-state index contributed by atoms with van der Waals surface area (Å²) >= 11 is 5.04. The minimum Gasteiger partial charge on any atom is -0.337 e. The first-order valence-electron chi connectivity index (χ1n) is 6.07. The maximum absolute atomic E-state index is 12.5. The van der Waals surface area contributed by atoms with Gasteiger partial charge in [0.15, 0.2) is 0 Å². The van der Waals surface area contributed by atoms with Crippen LogP contribution in [-0.4, -0.2) is 17.9 Å². The van der Waals surface area contributed by atoms with Crippen LogP contribution >= 0.6 is 27.3 Å². The van der Waals surface area contributed by atoms with Gasteiger partial charge in [-0.2, -0.15) is 0 Å². The van der Waals surface area contributed by atoms with Crippen LogP contribution < -0.4 is 11.3 Å². The summed E-state index contributed by atoms with van der Waals surface area (Å²) in [5.74, 6) is 5.42. The highest BCUT2D eigenvalue weighted by molar-refractivity contribution is 9.11. The highest BCUT2D eigenvalue weighted by Crippen LogP contribution is 2.23. The molecule has 1 heterocycles. The van der Waals surface area contributed by atoms with Gasteiger partial charge in [0.1, 0.15) is 0 Å². The molecular weight excluding hydrogens is 338 g/mol. The maximum Gasteiger partial charge on any atom is 0.256 e. The van der Waals surface area contributed by atoms with E-state index in [2.05, 4.69) is 21.4 Å². The average Bonchev–Trinajstić information content (AvgIpc) is 2.83. The van der Waals surface area contributed by atoms with Crippen molar-refractivity contribution < 1.29 is 4.79 Å². The molecule has 3 N–H and O–H groups in total. The Bertz CT molecular complexity index is 627. The monoisotopic (exact) mass is 353 g/mol. The molecule has 0 atom stereocenters. The van der Waals surface area contributed by atoms with Crippen molar-refractivity contribution >= 4 is 38.9 Å². The number of rotatable bonds is 4. The number of hydrogen-bond acceptors (Lipinski definition) is 4. The van der Waals surface area contributed by atoms with E-state index in [1.165, 1.54) is 0 Å². The number of benzene rings is 1. The first kappa shape index (κ1) is 15.0. The van der Waals surface area contributed by atoms with Crippen LogP contribution in [0.1, 0.15) is 21.5 Å². The summed E-state index contributed by atoms with van der Waals surface area (Å²) in [6, 6.07) is 7.60. The average molecular weight is 354 g/mol. The van der Waals surface area contributed by atoms with Crippen LogP contribution in [0.3, 0.4) is 0 Å². The number of hydrazine groups is 1. The third-order valence-electron chi connectivity index (χ3n) is 2.95. The van der Waals surface area contributed by atoms with E-state index in [1.54, 1.807) is 23.3 Å². The number of halogens is 1. The second kappa shape index (κ2) is 6.39. The first-order valence-corrected chi connectivity index (χ1v) is 7.74. The fraction of sp³-hybridized carbons (Fsp3) is 0.214. The van der Waals surface area contributed by atoms with Crippen molar-refractivity contribution in [2.24, 2.45) is 5.84 Å². The van der Waals surface area contributed by atoms with E-state index in [-0.39, 0.29) is 5.91 Å². The predicted octanol–water partition coefficient (Wildman–Crippen LogP) is 3.38. The molecule has 0 aliphatic carbocycles. The molecular formula is C14H16BrN3OS. The summed E-state index contributed by atoms with van der Waals surface area (Å²) in [4.78, 5) is 14.2. The summed E-state index contributed by atoms with van der Waals surface area (Å²) in [6.45, 7) is 2.52. The lowest BCUT2D eigenvalue weighted by atomic mass is 10.1. The topological polar surface area (TPSA) is 58.4 Å². The smallest absolute Gasteiger partial charge is 0.256 e.